The fourth-order valence-corrected chi connectivity index (χ4v) is 1.51. The highest BCUT2D eigenvalue weighted by Crippen LogP contribution is 2.29. The Hall–Kier alpha value is -1.58. The van der Waals surface area contributed by atoms with Gasteiger partial charge in [0.05, 0.1) is 0 Å². The van der Waals surface area contributed by atoms with Gasteiger partial charge < -0.3 is 10.0 Å². The number of carbonyl (C=O) groups is 1. The minimum Gasteiger partial charge on any atom is -0.505 e. The monoisotopic (exact) mass is 206 g/mol. The Kier molecular flexibility index (Phi) is 2.58. The van der Waals surface area contributed by atoms with E-state index in [9.17, 15) is 9.90 Å². The van der Waals surface area contributed by atoms with Crippen LogP contribution in [0.3, 0.4) is 0 Å². The number of aromatic hydroxyl groups is 1. The van der Waals surface area contributed by atoms with E-state index in [0.29, 0.717) is 5.92 Å². The molecule has 0 radical (unpaired) electrons. The Labute approximate surface area is 88.6 Å². The van der Waals surface area contributed by atoms with Gasteiger partial charge in [-0.1, -0.05) is 0 Å². The molecule has 1 aromatic heterocycles. The first-order valence-electron chi connectivity index (χ1n) is 5.08. The van der Waals surface area contributed by atoms with Crippen molar-refractivity contribution >= 4 is 5.91 Å². The molecule has 2 rings (SSSR count). The number of aromatic nitrogens is 1. The molecule has 0 unspecified atom stereocenters. The predicted octanol–water partition coefficient (Wildman–Crippen LogP) is 1.27. The molecule has 4 nitrogen and oxygen atoms in total. The second-order valence-electron chi connectivity index (χ2n) is 4.00. The van der Waals surface area contributed by atoms with Crippen LogP contribution in [0.2, 0.25) is 0 Å². The molecular weight excluding hydrogens is 192 g/mol. The molecule has 15 heavy (non-hydrogen) atoms. The van der Waals surface area contributed by atoms with E-state index >= 15 is 0 Å². The molecule has 1 saturated carbocycles. The standard InChI is InChI=1S/C11H14N2O2/c1-13(7-8-4-5-8)11(15)10-9(14)3-2-6-12-10/h2-3,6,8,14H,4-5,7H2,1H3. The molecule has 0 aliphatic heterocycles. The molecule has 4 heteroatoms. The molecule has 1 N–H and O–H groups in total. The third kappa shape index (κ3) is 2.26. The van der Waals surface area contributed by atoms with Crippen LogP contribution in [0.5, 0.6) is 5.75 Å². The second-order valence-corrected chi connectivity index (χ2v) is 4.00. The maximum atomic E-state index is 11.8. The number of amides is 1. The highest BCUT2D eigenvalue weighted by molar-refractivity contribution is 5.94. The number of hydrogen-bond acceptors (Lipinski definition) is 3. The number of pyridine rings is 1. The van der Waals surface area contributed by atoms with Crippen LogP contribution in [-0.2, 0) is 0 Å². The van der Waals surface area contributed by atoms with Crippen LogP contribution in [0.4, 0.5) is 0 Å². The summed E-state index contributed by atoms with van der Waals surface area (Å²) in [6.07, 6.45) is 3.91. The Morgan fingerprint density at radius 1 is 1.67 bits per heavy atom. The van der Waals surface area contributed by atoms with Gasteiger partial charge >= 0.3 is 0 Å². The highest BCUT2D eigenvalue weighted by atomic mass is 16.3. The van der Waals surface area contributed by atoms with Crippen LogP contribution in [0.1, 0.15) is 23.3 Å². The number of carbonyl (C=O) groups excluding carboxylic acids is 1. The summed E-state index contributed by atoms with van der Waals surface area (Å²) in [6, 6.07) is 3.08. The van der Waals surface area contributed by atoms with Crippen molar-refractivity contribution < 1.29 is 9.90 Å². The zero-order valence-corrected chi connectivity index (χ0v) is 8.68. The highest BCUT2D eigenvalue weighted by Gasteiger charge is 2.26. The number of rotatable bonds is 3. The van der Waals surface area contributed by atoms with Crippen LogP contribution in [0.25, 0.3) is 0 Å². The van der Waals surface area contributed by atoms with Crippen LogP contribution < -0.4 is 0 Å². The van der Waals surface area contributed by atoms with Gasteiger partial charge in [0.2, 0.25) is 0 Å². The van der Waals surface area contributed by atoms with E-state index < -0.39 is 0 Å². The van der Waals surface area contributed by atoms with Crippen molar-refractivity contribution in [2.75, 3.05) is 13.6 Å². The SMILES string of the molecule is CN(CC1CC1)C(=O)c1ncccc1O. The molecule has 1 heterocycles. The van der Waals surface area contributed by atoms with Crippen LogP contribution in [-0.4, -0.2) is 34.5 Å². The third-order valence-corrected chi connectivity index (χ3v) is 2.56. The molecule has 1 aliphatic rings. The van der Waals surface area contributed by atoms with Crippen molar-refractivity contribution in [3.63, 3.8) is 0 Å². The van der Waals surface area contributed by atoms with Crippen LogP contribution in [0, 0.1) is 5.92 Å². The normalized spacial score (nSPS) is 15.0. The van der Waals surface area contributed by atoms with Gasteiger partial charge in [-0.05, 0) is 30.9 Å². The van der Waals surface area contributed by atoms with Crippen molar-refractivity contribution in [1.82, 2.24) is 9.88 Å². The average Bonchev–Trinajstić information content (AvgIpc) is 3.01. The molecule has 1 aromatic rings. The zero-order valence-electron chi connectivity index (χ0n) is 8.68. The fourth-order valence-electron chi connectivity index (χ4n) is 1.51. The van der Waals surface area contributed by atoms with E-state index in [0.717, 1.165) is 6.54 Å². The maximum absolute atomic E-state index is 11.8. The molecule has 1 aliphatic carbocycles. The van der Waals surface area contributed by atoms with Crippen molar-refractivity contribution in [3.05, 3.63) is 24.0 Å². The van der Waals surface area contributed by atoms with E-state index in [1.54, 1.807) is 18.0 Å². The maximum Gasteiger partial charge on any atom is 0.276 e. The fraction of sp³-hybridized carbons (Fsp3) is 0.455. The van der Waals surface area contributed by atoms with E-state index in [4.69, 9.17) is 0 Å². The van der Waals surface area contributed by atoms with Crippen molar-refractivity contribution in [2.45, 2.75) is 12.8 Å². The molecule has 80 valence electrons. The summed E-state index contributed by atoms with van der Waals surface area (Å²) in [5, 5.41) is 9.47. The van der Waals surface area contributed by atoms with Crippen LogP contribution in [0.15, 0.2) is 18.3 Å². The summed E-state index contributed by atoms with van der Waals surface area (Å²) >= 11 is 0. The summed E-state index contributed by atoms with van der Waals surface area (Å²) in [7, 11) is 1.74. The van der Waals surface area contributed by atoms with Gasteiger partial charge in [-0.15, -0.1) is 0 Å². The van der Waals surface area contributed by atoms with E-state index in [-0.39, 0.29) is 17.4 Å². The predicted molar refractivity (Wildman–Crippen MR) is 55.6 cm³/mol. The lowest BCUT2D eigenvalue weighted by atomic mass is 10.3. The number of nitrogens with zero attached hydrogens (tertiary/aromatic N) is 2. The molecule has 0 spiro atoms. The lowest BCUT2D eigenvalue weighted by Crippen LogP contribution is -2.29. The van der Waals surface area contributed by atoms with Gasteiger partial charge in [-0.2, -0.15) is 0 Å². The number of hydrogen-bond donors (Lipinski definition) is 1. The van der Waals surface area contributed by atoms with Crippen molar-refractivity contribution in [2.24, 2.45) is 5.92 Å². The van der Waals surface area contributed by atoms with E-state index in [2.05, 4.69) is 4.98 Å². The lowest BCUT2D eigenvalue weighted by molar-refractivity contribution is 0.0779. The van der Waals surface area contributed by atoms with Gasteiger partial charge in [0.15, 0.2) is 5.69 Å². The van der Waals surface area contributed by atoms with Gasteiger partial charge in [0.1, 0.15) is 5.75 Å². The van der Waals surface area contributed by atoms with Crippen LogP contribution >= 0.6 is 0 Å². The van der Waals surface area contributed by atoms with Gasteiger partial charge in [0.25, 0.3) is 5.91 Å². The van der Waals surface area contributed by atoms with E-state index in [1.807, 2.05) is 0 Å². The molecule has 0 atom stereocenters. The molecule has 0 saturated heterocycles. The summed E-state index contributed by atoms with van der Waals surface area (Å²) < 4.78 is 0. The zero-order chi connectivity index (χ0) is 10.8. The summed E-state index contributed by atoms with van der Waals surface area (Å²) in [5.74, 6) is 0.384. The molecule has 0 aromatic carbocycles. The van der Waals surface area contributed by atoms with Gasteiger partial charge in [-0.25, -0.2) is 4.98 Å². The smallest absolute Gasteiger partial charge is 0.276 e. The molecule has 1 amide bonds. The average molecular weight is 206 g/mol. The summed E-state index contributed by atoms with van der Waals surface area (Å²) in [5.41, 5.74) is 0.139. The van der Waals surface area contributed by atoms with Crippen molar-refractivity contribution in [3.8, 4) is 5.75 Å². The van der Waals surface area contributed by atoms with Crippen molar-refractivity contribution in [1.29, 1.82) is 0 Å². The Morgan fingerprint density at radius 2 is 2.40 bits per heavy atom. The van der Waals surface area contributed by atoms with Gasteiger partial charge in [0, 0.05) is 19.8 Å². The first-order chi connectivity index (χ1) is 7.18. The quantitative estimate of drug-likeness (QED) is 0.810. The second kappa shape index (κ2) is 3.88. The summed E-state index contributed by atoms with van der Waals surface area (Å²) in [6.45, 7) is 0.759. The van der Waals surface area contributed by atoms with E-state index in [1.165, 1.54) is 25.1 Å². The summed E-state index contributed by atoms with van der Waals surface area (Å²) in [4.78, 5) is 17.3. The largest absolute Gasteiger partial charge is 0.505 e. The first-order valence-corrected chi connectivity index (χ1v) is 5.08. The topological polar surface area (TPSA) is 53.4 Å². The lowest BCUT2D eigenvalue weighted by Gasteiger charge is -2.16. The molecule has 0 bridgehead atoms. The molecular formula is C11H14N2O2. The Balaban J connectivity index is 2.08. The Bertz CT molecular complexity index is 375. The minimum atomic E-state index is -0.208. The van der Waals surface area contributed by atoms with Gasteiger partial charge in [-0.3, -0.25) is 4.79 Å². The third-order valence-electron chi connectivity index (χ3n) is 2.56. The Morgan fingerprint density at radius 3 is 3.00 bits per heavy atom. The minimum absolute atomic E-state index is 0.0508. The first kappa shape index (κ1) is 9.96. The molecule has 1 fully saturated rings.